The minimum atomic E-state index is -0.557. The van der Waals surface area contributed by atoms with Crippen molar-refractivity contribution in [3.8, 4) is 16.9 Å². The molecule has 0 aliphatic rings. The fourth-order valence-electron chi connectivity index (χ4n) is 3.68. The monoisotopic (exact) mass is 414 g/mol. The topological polar surface area (TPSA) is 80.7 Å². The fraction of sp³-hybridized carbons (Fsp3) is 0.0400. The lowest BCUT2D eigenvalue weighted by atomic mass is 10.00. The van der Waals surface area contributed by atoms with Crippen LogP contribution in [0.5, 0.6) is 5.75 Å². The van der Waals surface area contributed by atoms with Gasteiger partial charge >= 0.3 is 5.63 Å². The first kappa shape index (κ1) is 18.8. The summed E-state index contributed by atoms with van der Waals surface area (Å²) in [6.45, 7) is 0. The van der Waals surface area contributed by atoms with Gasteiger partial charge in [0.2, 0.25) is 0 Å². The lowest BCUT2D eigenvalue weighted by Crippen LogP contribution is -2.10. The third kappa shape index (κ3) is 3.28. The first-order chi connectivity index (χ1) is 15.0. The Hall–Kier alpha value is -4.19. The van der Waals surface area contributed by atoms with Crippen LogP contribution in [0.1, 0.15) is 11.1 Å². The second-order valence-corrected chi connectivity index (χ2v) is 7.20. The highest BCUT2D eigenvalue weighted by Crippen LogP contribution is 2.30. The molecule has 0 bridgehead atoms. The summed E-state index contributed by atoms with van der Waals surface area (Å²) in [5, 5.41) is 11.1. The number of benzene rings is 3. The molecule has 0 atom stereocenters. The van der Waals surface area contributed by atoms with E-state index in [0.29, 0.717) is 16.5 Å². The third-order valence-corrected chi connectivity index (χ3v) is 5.24. The van der Waals surface area contributed by atoms with E-state index in [-0.39, 0.29) is 39.8 Å². The summed E-state index contributed by atoms with van der Waals surface area (Å²) in [4.78, 5) is 25.5. The van der Waals surface area contributed by atoms with Gasteiger partial charge in [-0.15, -0.1) is 0 Å². The largest absolute Gasteiger partial charge is 0.508 e. The maximum Gasteiger partial charge on any atom is 0.344 e. The van der Waals surface area contributed by atoms with Crippen LogP contribution < -0.4 is 11.1 Å². The van der Waals surface area contributed by atoms with Crippen molar-refractivity contribution in [3.05, 3.63) is 111 Å². The van der Waals surface area contributed by atoms with E-state index in [9.17, 15) is 19.1 Å². The summed E-state index contributed by atoms with van der Waals surface area (Å²) in [6, 6.07) is 17.6. The van der Waals surface area contributed by atoms with E-state index in [1.807, 2.05) is 18.2 Å². The molecular weight excluding hydrogens is 399 g/mol. The molecule has 0 aliphatic heterocycles. The molecule has 6 heteroatoms. The third-order valence-electron chi connectivity index (χ3n) is 5.24. The molecule has 0 saturated carbocycles. The predicted molar refractivity (Wildman–Crippen MR) is 115 cm³/mol. The van der Waals surface area contributed by atoms with Gasteiger partial charge < -0.3 is 13.9 Å². The van der Waals surface area contributed by atoms with Crippen molar-refractivity contribution in [1.29, 1.82) is 0 Å². The molecule has 3 aromatic carbocycles. The molecule has 0 aliphatic carbocycles. The van der Waals surface area contributed by atoms with Gasteiger partial charge in [0.05, 0.1) is 17.2 Å². The van der Waals surface area contributed by atoms with Crippen LogP contribution in [0.3, 0.4) is 0 Å². The van der Waals surface area contributed by atoms with E-state index in [2.05, 4.69) is 0 Å². The molecule has 0 amide bonds. The normalized spacial score (nSPS) is 11.3. The maximum absolute atomic E-state index is 13.6. The molecule has 0 fully saturated rings. The van der Waals surface area contributed by atoms with Gasteiger partial charge in [0.25, 0.3) is 0 Å². The molecule has 152 valence electrons. The van der Waals surface area contributed by atoms with Crippen LogP contribution in [0.25, 0.3) is 33.1 Å². The molecule has 5 nitrogen and oxygen atoms in total. The standard InChI is InChI=1S/C25H15FO5/c26-17-7-9-22-20(12-17)23(28)16(13-30-22)11-19-21(27)8-6-15-10-18(25(29)31-24(15)19)14-4-2-1-3-5-14/h1-10,12-13,27H,11H2. The summed E-state index contributed by atoms with van der Waals surface area (Å²) < 4.78 is 24.6. The summed E-state index contributed by atoms with van der Waals surface area (Å²) in [5.74, 6) is -0.675. The number of phenolic OH excluding ortho intramolecular Hbond substituents is 1. The van der Waals surface area contributed by atoms with Crippen LogP contribution >= 0.6 is 0 Å². The van der Waals surface area contributed by atoms with Crippen molar-refractivity contribution in [2.45, 2.75) is 6.42 Å². The van der Waals surface area contributed by atoms with Crippen molar-refractivity contribution in [2.24, 2.45) is 0 Å². The minimum absolute atomic E-state index is 0.0500. The molecule has 5 rings (SSSR count). The Morgan fingerprint density at radius 2 is 1.74 bits per heavy atom. The quantitative estimate of drug-likeness (QED) is 0.420. The number of phenols is 1. The molecule has 1 N–H and O–H groups in total. The molecule has 2 aromatic heterocycles. The second kappa shape index (κ2) is 7.25. The van der Waals surface area contributed by atoms with E-state index in [4.69, 9.17) is 8.83 Å². The minimum Gasteiger partial charge on any atom is -0.508 e. The number of halogens is 1. The van der Waals surface area contributed by atoms with E-state index >= 15 is 0 Å². The molecular formula is C25H15FO5. The Bertz CT molecular complexity index is 1570. The van der Waals surface area contributed by atoms with Crippen molar-refractivity contribution in [2.75, 3.05) is 0 Å². The number of rotatable bonds is 3. The number of hydrogen-bond acceptors (Lipinski definition) is 5. The molecule has 2 heterocycles. The predicted octanol–water partition coefficient (Wildman–Crippen LogP) is 5.00. The van der Waals surface area contributed by atoms with Crippen LogP contribution in [0.15, 0.2) is 91.4 Å². The number of hydrogen-bond donors (Lipinski definition) is 1. The second-order valence-electron chi connectivity index (χ2n) is 7.20. The van der Waals surface area contributed by atoms with Crippen molar-refractivity contribution in [3.63, 3.8) is 0 Å². The van der Waals surface area contributed by atoms with E-state index in [1.54, 1.807) is 24.3 Å². The Kier molecular flexibility index (Phi) is 4.40. The molecule has 0 saturated heterocycles. The maximum atomic E-state index is 13.6. The number of fused-ring (bicyclic) bond motifs is 2. The number of aromatic hydroxyl groups is 1. The van der Waals surface area contributed by atoms with Crippen molar-refractivity contribution < 1.29 is 18.3 Å². The summed E-state index contributed by atoms with van der Waals surface area (Å²) in [6.07, 6.45) is 1.23. The van der Waals surface area contributed by atoms with Gasteiger partial charge in [0, 0.05) is 22.9 Å². The molecule has 5 aromatic rings. The zero-order chi connectivity index (χ0) is 21.5. The molecule has 31 heavy (non-hydrogen) atoms. The van der Waals surface area contributed by atoms with E-state index in [1.165, 1.54) is 24.5 Å². The van der Waals surface area contributed by atoms with Gasteiger partial charge in [-0.2, -0.15) is 0 Å². The van der Waals surface area contributed by atoms with Gasteiger partial charge in [0.1, 0.15) is 22.7 Å². The Morgan fingerprint density at radius 3 is 2.55 bits per heavy atom. The highest BCUT2D eigenvalue weighted by atomic mass is 19.1. The van der Waals surface area contributed by atoms with Crippen LogP contribution in [0.4, 0.5) is 4.39 Å². The van der Waals surface area contributed by atoms with Gasteiger partial charge in [0.15, 0.2) is 5.43 Å². The Morgan fingerprint density at radius 1 is 0.935 bits per heavy atom. The Labute approximate surface area is 174 Å². The van der Waals surface area contributed by atoms with Gasteiger partial charge in [-0.1, -0.05) is 30.3 Å². The summed E-state index contributed by atoms with van der Waals surface area (Å²) in [7, 11) is 0. The highest BCUT2D eigenvalue weighted by Gasteiger charge is 2.17. The smallest absolute Gasteiger partial charge is 0.344 e. The first-order valence-corrected chi connectivity index (χ1v) is 9.55. The van der Waals surface area contributed by atoms with Gasteiger partial charge in [-0.05, 0) is 42.0 Å². The van der Waals surface area contributed by atoms with Crippen molar-refractivity contribution >= 4 is 21.9 Å². The SMILES string of the molecule is O=c1oc2c(Cc3coc4ccc(F)cc4c3=O)c(O)ccc2cc1-c1ccccc1. The van der Waals surface area contributed by atoms with Crippen molar-refractivity contribution in [1.82, 2.24) is 0 Å². The first-order valence-electron chi connectivity index (χ1n) is 9.55. The molecule has 0 radical (unpaired) electrons. The van der Waals surface area contributed by atoms with Gasteiger partial charge in [-0.25, -0.2) is 9.18 Å². The van der Waals surface area contributed by atoms with Gasteiger partial charge in [-0.3, -0.25) is 4.79 Å². The Balaban J connectivity index is 1.67. The fourth-order valence-corrected chi connectivity index (χ4v) is 3.68. The zero-order valence-corrected chi connectivity index (χ0v) is 16.1. The lowest BCUT2D eigenvalue weighted by molar-refractivity contribution is 0.466. The summed E-state index contributed by atoms with van der Waals surface area (Å²) in [5.41, 5.74) is 1.06. The lowest BCUT2D eigenvalue weighted by Gasteiger charge is -2.09. The van der Waals surface area contributed by atoms with Crippen LogP contribution in [-0.2, 0) is 6.42 Å². The van der Waals surface area contributed by atoms with E-state index < -0.39 is 16.9 Å². The van der Waals surface area contributed by atoms with E-state index in [0.717, 1.165) is 6.07 Å². The average molecular weight is 414 g/mol. The molecule has 0 spiro atoms. The summed E-state index contributed by atoms with van der Waals surface area (Å²) >= 11 is 0. The highest BCUT2D eigenvalue weighted by molar-refractivity contribution is 5.86. The van der Waals surface area contributed by atoms with Crippen LogP contribution in [0, 0.1) is 5.82 Å². The van der Waals surface area contributed by atoms with Crippen LogP contribution in [0.2, 0.25) is 0 Å². The molecule has 0 unspecified atom stereocenters. The average Bonchev–Trinajstić information content (AvgIpc) is 2.78. The zero-order valence-electron chi connectivity index (χ0n) is 16.1. The van der Waals surface area contributed by atoms with Crippen LogP contribution in [-0.4, -0.2) is 5.11 Å².